The molecule has 0 N–H and O–H groups in total. The van der Waals surface area contributed by atoms with E-state index in [2.05, 4.69) is 56.7 Å². The monoisotopic (exact) mass is 444 g/mol. The molecule has 0 bridgehead atoms. The van der Waals surface area contributed by atoms with Crippen molar-refractivity contribution in [2.75, 3.05) is 39.2 Å². The number of likely N-dealkylation sites (tertiary alicyclic amines) is 1. The van der Waals surface area contributed by atoms with Crippen LogP contribution in [-0.2, 0) is 11.3 Å². The predicted molar refractivity (Wildman–Crippen MR) is 133 cm³/mol. The molecular formula is C27H32N4O2. The topological polar surface area (TPSA) is 50.7 Å². The van der Waals surface area contributed by atoms with E-state index >= 15 is 0 Å². The maximum absolute atomic E-state index is 6.17. The van der Waals surface area contributed by atoms with Crippen LogP contribution in [0.3, 0.4) is 0 Å². The Morgan fingerprint density at radius 2 is 1.70 bits per heavy atom. The molecule has 1 aliphatic heterocycles. The molecule has 1 fully saturated rings. The molecule has 1 saturated heterocycles. The predicted octanol–water partition coefficient (Wildman–Crippen LogP) is 4.87. The number of methoxy groups -OCH3 is 1. The number of aromatic nitrogens is 2. The highest BCUT2D eigenvalue weighted by Crippen LogP contribution is 2.24. The first-order valence-corrected chi connectivity index (χ1v) is 11.3. The van der Waals surface area contributed by atoms with Crippen molar-refractivity contribution in [2.45, 2.75) is 25.5 Å². The first kappa shape index (κ1) is 22.8. The van der Waals surface area contributed by atoms with Crippen molar-refractivity contribution in [2.24, 2.45) is 0 Å². The number of nitrogens with zero attached hydrogens (tertiary/aromatic N) is 4. The maximum atomic E-state index is 6.17. The summed E-state index contributed by atoms with van der Waals surface area (Å²) >= 11 is 0. The van der Waals surface area contributed by atoms with Crippen LogP contribution in [0.15, 0.2) is 67.5 Å². The zero-order valence-corrected chi connectivity index (χ0v) is 19.7. The summed E-state index contributed by atoms with van der Waals surface area (Å²) in [6, 6.07) is 16.6. The zero-order valence-electron chi connectivity index (χ0n) is 19.7. The van der Waals surface area contributed by atoms with Crippen LogP contribution in [0.25, 0.3) is 16.9 Å². The Morgan fingerprint density at radius 3 is 2.27 bits per heavy atom. The molecular weight excluding hydrogens is 412 g/mol. The molecule has 1 aliphatic rings. The van der Waals surface area contributed by atoms with Crippen molar-refractivity contribution in [3.63, 3.8) is 0 Å². The van der Waals surface area contributed by atoms with Crippen molar-refractivity contribution >= 4 is 11.4 Å². The summed E-state index contributed by atoms with van der Waals surface area (Å²) in [5.41, 5.74) is 5.40. The Morgan fingerprint density at radius 1 is 0.970 bits per heavy atom. The third kappa shape index (κ3) is 5.90. The van der Waals surface area contributed by atoms with Gasteiger partial charge in [-0.2, -0.15) is 0 Å². The van der Waals surface area contributed by atoms with Gasteiger partial charge in [0, 0.05) is 69.0 Å². The lowest BCUT2D eigenvalue weighted by molar-refractivity contribution is 0.0926. The molecule has 0 amide bonds. The summed E-state index contributed by atoms with van der Waals surface area (Å²) in [6.07, 6.45) is 5.87. The van der Waals surface area contributed by atoms with Crippen molar-refractivity contribution in [3.8, 4) is 17.0 Å². The Labute approximate surface area is 196 Å². The second kappa shape index (κ2) is 10.5. The largest absolute Gasteiger partial charge is 0.497 e. The second-order valence-corrected chi connectivity index (χ2v) is 8.59. The van der Waals surface area contributed by atoms with Crippen molar-refractivity contribution in [1.29, 1.82) is 0 Å². The van der Waals surface area contributed by atoms with Crippen LogP contribution in [-0.4, -0.2) is 55.3 Å². The zero-order chi connectivity index (χ0) is 23.2. The first-order valence-electron chi connectivity index (χ1n) is 11.3. The molecule has 0 aliphatic carbocycles. The summed E-state index contributed by atoms with van der Waals surface area (Å²) in [5.74, 6) is 1.33. The number of ether oxygens (including phenoxy) is 2. The highest BCUT2D eigenvalue weighted by Gasteiger charge is 2.21. The SMILES string of the molecule is C=C(OC)c1ccc(CN2CCC(Oc3ccc(-c4ccc(N(C)C)cc4)cn3)CC2)nc1. The molecule has 1 aromatic carbocycles. The minimum atomic E-state index is 0.194. The number of piperidine rings is 1. The number of rotatable bonds is 8. The highest BCUT2D eigenvalue weighted by atomic mass is 16.5. The van der Waals surface area contributed by atoms with Gasteiger partial charge in [-0.15, -0.1) is 0 Å². The fourth-order valence-electron chi connectivity index (χ4n) is 3.96. The fourth-order valence-corrected chi connectivity index (χ4v) is 3.96. The van der Waals surface area contributed by atoms with E-state index in [0.29, 0.717) is 11.6 Å². The highest BCUT2D eigenvalue weighted by molar-refractivity contribution is 5.65. The number of anilines is 1. The van der Waals surface area contributed by atoms with E-state index in [1.165, 1.54) is 5.69 Å². The Kier molecular flexibility index (Phi) is 7.25. The molecule has 3 heterocycles. The first-order chi connectivity index (χ1) is 16.0. The maximum Gasteiger partial charge on any atom is 0.213 e. The van der Waals surface area contributed by atoms with E-state index in [-0.39, 0.29) is 6.10 Å². The molecule has 0 spiro atoms. The minimum Gasteiger partial charge on any atom is -0.497 e. The number of pyridine rings is 2. The minimum absolute atomic E-state index is 0.194. The van der Waals surface area contributed by atoms with Gasteiger partial charge in [0.2, 0.25) is 5.88 Å². The second-order valence-electron chi connectivity index (χ2n) is 8.59. The lowest BCUT2D eigenvalue weighted by Crippen LogP contribution is -2.38. The molecule has 0 radical (unpaired) electrons. The fraction of sp³-hybridized carbons (Fsp3) is 0.333. The van der Waals surface area contributed by atoms with Crippen LogP contribution < -0.4 is 9.64 Å². The molecule has 2 aromatic heterocycles. The summed E-state index contributed by atoms with van der Waals surface area (Å²) in [7, 11) is 5.71. The summed E-state index contributed by atoms with van der Waals surface area (Å²) < 4.78 is 11.3. The standard InChI is InChI=1S/C27H32N4O2/c1-20(32-4)22-5-9-24(28-17-22)19-31-15-13-26(14-16-31)33-27-12-8-23(18-29-27)21-6-10-25(11-7-21)30(2)3/h5-12,17-18,26H,1,13-16,19H2,2-4H3. The Balaban J connectivity index is 1.26. The average molecular weight is 445 g/mol. The number of benzene rings is 1. The van der Waals surface area contributed by atoms with Gasteiger partial charge in [-0.3, -0.25) is 9.88 Å². The Hall–Kier alpha value is -3.38. The molecule has 6 nitrogen and oxygen atoms in total. The lowest BCUT2D eigenvalue weighted by Gasteiger charge is -2.31. The number of hydrogen-bond donors (Lipinski definition) is 0. The van der Waals surface area contributed by atoms with Crippen molar-refractivity contribution in [1.82, 2.24) is 14.9 Å². The van der Waals surface area contributed by atoms with Gasteiger partial charge in [-0.05, 0) is 48.7 Å². The quantitative estimate of drug-likeness (QED) is 0.462. The van der Waals surface area contributed by atoms with Crippen molar-refractivity contribution < 1.29 is 9.47 Å². The molecule has 0 atom stereocenters. The van der Waals surface area contributed by atoms with Crippen LogP contribution in [0.5, 0.6) is 5.88 Å². The molecule has 3 aromatic rings. The Bertz CT molecular complexity index is 1040. The van der Waals surface area contributed by atoms with Gasteiger partial charge in [0.1, 0.15) is 11.9 Å². The van der Waals surface area contributed by atoms with E-state index in [1.807, 2.05) is 44.7 Å². The summed E-state index contributed by atoms with van der Waals surface area (Å²) in [4.78, 5) is 13.6. The lowest BCUT2D eigenvalue weighted by atomic mass is 10.1. The van der Waals surface area contributed by atoms with Gasteiger partial charge < -0.3 is 14.4 Å². The number of hydrogen-bond acceptors (Lipinski definition) is 6. The molecule has 4 rings (SSSR count). The van der Waals surface area contributed by atoms with E-state index in [1.54, 1.807) is 7.11 Å². The van der Waals surface area contributed by atoms with Gasteiger partial charge in [0.05, 0.1) is 12.8 Å². The van der Waals surface area contributed by atoms with Crippen LogP contribution in [0.1, 0.15) is 24.1 Å². The summed E-state index contributed by atoms with van der Waals surface area (Å²) in [6.45, 7) is 6.67. The molecule has 172 valence electrons. The van der Waals surface area contributed by atoms with Gasteiger partial charge in [0.15, 0.2) is 0 Å². The molecule has 6 heteroatoms. The van der Waals surface area contributed by atoms with E-state index in [9.17, 15) is 0 Å². The van der Waals surface area contributed by atoms with E-state index in [0.717, 1.165) is 54.9 Å². The van der Waals surface area contributed by atoms with Gasteiger partial charge in [0.25, 0.3) is 0 Å². The van der Waals surface area contributed by atoms with Gasteiger partial charge in [-0.1, -0.05) is 18.7 Å². The average Bonchev–Trinajstić information content (AvgIpc) is 2.86. The van der Waals surface area contributed by atoms with Gasteiger partial charge in [-0.25, -0.2) is 4.98 Å². The van der Waals surface area contributed by atoms with Crippen molar-refractivity contribution in [3.05, 3.63) is 78.8 Å². The third-order valence-electron chi connectivity index (χ3n) is 6.05. The van der Waals surface area contributed by atoms with Crippen LogP contribution in [0.4, 0.5) is 5.69 Å². The van der Waals surface area contributed by atoms with E-state index < -0.39 is 0 Å². The summed E-state index contributed by atoms with van der Waals surface area (Å²) in [5, 5.41) is 0. The van der Waals surface area contributed by atoms with Crippen LogP contribution in [0, 0.1) is 0 Å². The molecule has 33 heavy (non-hydrogen) atoms. The van der Waals surface area contributed by atoms with E-state index in [4.69, 9.17) is 9.47 Å². The van der Waals surface area contributed by atoms with Crippen LogP contribution >= 0.6 is 0 Å². The smallest absolute Gasteiger partial charge is 0.213 e. The normalized spacial score (nSPS) is 14.6. The van der Waals surface area contributed by atoms with Crippen LogP contribution in [0.2, 0.25) is 0 Å². The van der Waals surface area contributed by atoms with Gasteiger partial charge >= 0.3 is 0 Å². The molecule has 0 saturated carbocycles. The third-order valence-corrected chi connectivity index (χ3v) is 6.05. The molecule has 0 unspecified atom stereocenters.